The molecular formula is C27H33ClN4O4. The van der Waals surface area contributed by atoms with Crippen LogP contribution in [0.25, 0.3) is 0 Å². The largest absolute Gasteiger partial charge is 0.494 e. The zero-order valence-corrected chi connectivity index (χ0v) is 21.7. The Morgan fingerprint density at radius 3 is 2.61 bits per heavy atom. The second-order valence-electron chi connectivity index (χ2n) is 9.47. The first-order chi connectivity index (χ1) is 17.3. The van der Waals surface area contributed by atoms with Crippen molar-refractivity contribution < 1.29 is 19.1 Å². The molecule has 4 amide bonds. The van der Waals surface area contributed by atoms with E-state index in [4.69, 9.17) is 16.3 Å². The number of amides is 4. The number of carbonyl (C=O) groups excluding carboxylic acids is 3. The average molecular weight is 513 g/mol. The first kappa shape index (κ1) is 25.8. The highest BCUT2D eigenvalue weighted by molar-refractivity contribution is 6.34. The van der Waals surface area contributed by atoms with E-state index in [1.165, 1.54) is 0 Å². The number of carbonyl (C=O) groups is 3. The molecule has 192 valence electrons. The van der Waals surface area contributed by atoms with Gasteiger partial charge in [0.05, 0.1) is 17.2 Å². The van der Waals surface area contributed by atoms with Crippen LogP contribution < -0.4 is 20.3 Å². The molecule has 9 heteroatoms. The van der Waals surface area contributed by atoms with Crippen molar-refractivity contribution in [2.75, 3.05) is 18.1 Å². The Bertz CT molecular complexity index is 1140. The van der Waals surface area contributed by atoms with Crippen molar-refractivity contribution >= 4 is 35.1 Å². The van der Waals surface area contributed by atoms with Gasteiger partial charge >= 0.3 is 6.03 Å². The summed E-state index contributed by atoms with van der Waals surface area (Å²) in [5, 5.41) is 6.04. The summed E-state index contributed by atoms with van der Waals surface area (Å²) in [4.78, 5) is 42.6. The second kappa shape index (κ2) is 11.2. The molecule has 1 aliphatic heterocycles. The van der Waals surface area contributed by atoms with Gasteiger partial charge in [-0.2, -0.15) is 0 Å². The van der Waals surface area contributed by atoms with E-state index in [-0.39, 0.29) is 36.5 Å². The molecule has 0 saturated heterocycles. The summed E-state index contributed by atoms with van der Waals surface area (Å²) in [6.45, 7) is 6.74. The minimum absolute atomic E-state index is 0.188. The molecule has 36 heavy (non-hydrogen) atoms. The summed E-state index contributed by atoms with van der Waals surface area (Å²) in [5.41, 5.74) is 1.93. The minimum Gasteiger partial charge on any atom is -0.494 e. The lowest BCUT2D eigenvalue weighted by atomic mass is 10.1. The van der Waals surface area contributed by atoms with Gasteiger partial charge in [0.1, 0.15) is 11.8 Å². The lowest BCUT2D eigenvalue weighted by Gasteiger charge is -2.30. The lowest BCUT2D eigenvalue weighted by molar-refractivity contribution is -0.122. The fourth-order valence-electron chi connectivity index (χ4n) is 4.18. The molecule has 2 atom stereocenters. The Kier molecular flexibility index (Phi) is 8.04. The first-order valence-corrected chi connectivity index (χ1v) is 12.9. The van der Waals surface area contributed by atoms with Gasteiger partial charge in [-0.05, 0) is 62.9 Å². The van der Waals surface area contributed by atoms with E-state index in [0.717, 1.165) is 30.5 Å². The van der Waals surface area contributed by atoms with E-state index < -0.39 is 6.04 Å². The Morgan fingerprint density at radius 2 is 1.92 bits per heavy atom. The molecular weight excluding hydrogens is 480 g/mol. The molecule has 0 bridgehead atoms. The average Bonchev–Trinajstić information content (AvgIpc) is 3.69. The van der Waals surface area contributed by atoms with Crippen molar-refractivity contribution in [2.45, 2.75) is 64.7 Å². The van der Waals surface area contributed by atoms with Crippen LogP contribution in [0, 0.1) is 0 Å². The Morgan fingerprint density at radius 1 is 1.17 bits per heavy atom. The van der Waals surface area contributed by atoms with Crippen molar-refractivity contribution in [3.63, 3.8) is 0 Å². The quantitative estimate of drug-likeness (QED) is 0.577. The van der Waals surface area contributed by atoms with Crippen molar-refractivity contribution in [3.05, 3.63) is 58.6 Å². The molecule has 1 heterocycles. The maximum absolute atomic E-state index is 13.7. The van der Waals surface area contributed by atoms with Crippen LogP contribution in [0.2, 0.25) is 5.02 Å². The number of rotatable bonds is 7. The number of ether oxygens (including phenoxy) is 1. The fraction of sp³-hybridized carbons (Fsp3) is 0.444. The Hall–Kier alpha value is -3.26. The number of nitrogens with one attached hydrogen (secondary N) is 2. The highest BCUT2D eigenvalue weighted by atomic mass is 35.5. The van der Waals surface area contributed by atoms with Gasteiger partial charge in [0.2, 0.25) is 5.91 Å². The number of para-hydroxylation sites is 1. The predicted octanol–water partition coefficient (Wildman–Crippen LogP) is 4.36. The van der Waals surface area contributed by atoms with Crippen LogP contribution in [0.3, 0.4) is 0 Å². The number of urea groups is 1. The van der Waals surface area contributed by atoms with Gasteiger partial charge in [0.25, 0.3) is 5.91 Å². The van der Waals surface area contributed by atoms with Crippen molar-refractivity contribution in [1.29, 1.82) is 0 Å². The maximum atomic E-state index is 13.7. The highest BCUT2D eigenvalue weighted by Crippen LogP contribution is 2.31. The molecule has 4 rings (SSSR count). The summed E-state index contributed by atoms with van der Waals surface area (Å²) >= 11 is 6.49. The third kappa shape index (κ3) is 5.93. The van der Waals surface area contributed by atoms with Gasteiger partial charge in [0.15, 0.2) is 0 Å². The first-order valence-electron chi connectivity index (χ1n) is 12.5. The fourth-order valence-corrected chi connectivity index (χ4v) is 4.44. The summed E-state index contributed by atoms with van der Waals surface area (Å²) in [5.74, 6) is 0.179. The SMILES string of the molecule is CCCOc1ccc(C(=O)N2C[C@H](C)N(C(=O)N[C@H](C)C(=O)NC3CC3)Cc3ccccc32)c(Cl)c1. The van der Waals surface area contributed by atoms with E-state index in [9.17, 15) is 14.4 Å². The van der Waals surface area contributed by atoms with Gasteiger partial charge in [0, 0.05) is 30.9 Å². The van der Waals surface area contributed by atoms with Crippen LogP contribution in [0.15, 0.2) is 42.5 Å². The number of benzene rings is 2. The van der Waals surface area contributed by atoms with Gasteiger partial charge in [-0.1, -0.05) is 36.7 Å². The summed E-state index contributed by atoms with van der Waals surface area (Å²) in [7, 11) is 0. The molecule has 2 aromatic carbocycles. The third-order valence-corrected chi connectivity index (χ3v) is 6.72. The van der Waals surface area contributed by atoms with Crippen molar-refractivity contribution in [1.82, 2.24) is 15.5 Å². The van der Waals surface area contributed by atoms with Gasteiger partial charge in [-0.3, -0.25) is 9.59 Å². The Balaban J connectivity index is 1.54. The summed E-state index contributed by atoms with van der Waals surface area (Å²) < 4.78 is 5.63. The maximum Gasteiger partial charge on any atom is 0.318 e. The molecule has 1 saturated carbocycles. The number of nitrogens with zero attached hydrogens (tertiary/aromatic N) is 2. The van der Waals surface area contributed by atoms with Crippen molar-refractivity contribution in [2.24, 2.45) is 0 Å². The normalized spacial score (nSPS) is 18.1. The smallest absolute Gasteiger partial charge is 0.318 e. The molecule has 0 radical (unpaired) electrons. The van der Waals surface area contributed by atoms with Crippen molar-refractivity contribution in [3.8, 4) is 5.75 Å². The van der Waals surface area contributed by atoms with Gasteiger partial charge in [-0.25, -0.2) is 4.79 Å². The lowest BCUT2D eigenvalue weighted by Crippen LogP contribution is -2.53. The van der Waals surface area contributed by atoms with Gasteiger partial charge in [-0.15, -0.1) is 0 Å². The van der Waals surface area contributed by atoms with Gasteiger partial charge < -0.3 is 25.2 Å². The van der Waals surface area contributed by atoms with Crippen LogP contribution in [0.4, 0.5) is 10.5 Å². The standard InChI is InChI=1S/C27H33ClN4O4/c1-4-13-36-21-11-12-22(23(28)14-21)26(34)32-15-17(2)31(16-19-7-5-6-8-24(19)32)27(35)29-18(3)25(33)30-20-9-10-20/h5-8,11-12,14,17-18,20H,4,9-10,13,15-16H2,1-3H3,(H,29,35)(H,30,33)/t17-,18+/m0/s1. The number of anilines is 1. The number of halogens is 1. The Labute approximate surface area is 216 Å². The van der Waals surface area contributed by atoms with Crippen LogP contribution >= 0.6 is 11.6 Å². The molecule has 2 N–H and O–H groups in total. The highest BCUT2D eigenvalue weighted by Gasteiger charge is 2.33. The van der Waals surface area contributed by atoms with E-state index in [2.05, 4.69) is 10.6 Å². The predicted molar refractivity (Wildman–Crippen MR) is 140 cm³/mol. The summed E-state index contributed by atoms with van der Waals surface area (Å²) in [6.07, 6.45) is 2.83. The minimum atomic E-state index is -0.659. The van der Waals surface area contributed by atoms with E-state index >= 15 is 0 Å². The van der Waals surface area contributed by atoms with E-state index in [1.54, 1.807) is 34.9 Å². The van der Waals surface area contributed by atoms with Crippen LogP contribution in [-0.2, 0) is 11.3 Å². The summed E-state index contributed by atoms with van der Waals surface area (Å²) in [6, 6.07) is 11.5. The molecule has 2 aromatic rings. The van der Waals surface area contributed by atoms with E-state index in [0.29, 0.717) is 29.5 Å². The zero-order valence-electron chi connectivity index (χ0n) is 20.9. The van der Waals surface area contributed by atoms with Crippen LogP contribution in [0.5, 0.6) is 5.75 Å². The topological polar surface area (TPSA) is 91.0 Å². The molecule has 2 aliphatic rings. The molecule has 0 spiro atoms. The number of hydrogen-bond donors (Lipinski definition) is 2. The number of fused-ring (bicyclic) bond motifs is 1. The third-order valence-electron chi connectivity index (χ3n) is 6.41. The van der Waals surface area contributed by atoms with Crippen LogP contribution in [-0.4, -0.2) is 54.0 Å². The molecule has 1 fully saturated rings. The second-order valence-corrected chi connectivity index (χ2v) is 9.87. The van der Waals surface area contributed by atoms with E-state index in [1.807, 2.05) is 38.1 Å². The monoisotopic (exact) mass is 512 g/mol. The molecule has 0 unspecified atom stereocenters. The molecule has 1 aliphatic carbocycles. The molecule has 8 nitrogen and oxygen atoms in total. The zero-order chi connectivity index (χ0) is 25.8. The number of hydrogen-bond acceptors (Lipinski definition) is 4. The molecule has 0 aromatic heterocycles. The van der Waals surface area contributed by atoms with Crippen LogP contribution in [0.1, 0.15) is 56.0 Å².